The van der Waals surface area contributed by atoms with Gasteiger partial charge >= 0.3 is 0 Å². The zero-order valence-corrected chi connectivity index (χ0v) is 16.2. The van der Waals surface area contributed by atoms with E-state index in [-0.39, 0.29) is 0 Å². The third kappa shape index (κ3) is 6.14. The maximum absolute atomic E-state index is 5.69. The molecule has 0 aliphatic carbocycles. The van der Waals surface area contributed by atoms with Gasteiger partial charge in [0.05, 0.1) is 41.7 Å². The Morgan fingerprint density at radius 2 is 0.963 bits per heavy atom. The van der Waals surface area contributed by atoms with Crippen LogP contribution >= 0.6 is 0 Å². The molecule has 148 valence electrons. The minimum absolute atomic E-state index is 0.381. The molecule has 0 radical (unpaired) electrons. The molecule has 2 rings (SSSR count). The minimum Gasteiger partial charge on any atom is -0.497 e. The number of rotatable bonds is 12. The lowest BCUT2D eigenvalue weighted by Gasteiger charge is -2.13. The van der Waals surface area contributed by atoms with Gasteiger partial charge in [-0.1, -0.05) is 0 Å². The third-order valence-corrected chi connectivity index (χ3v) is 3.71. The van der Waals surface area contributed by atoms with Crippen molar-refractivity contribution in [1.29, 1.82) is 0 Å². The number of benzene rings is 2. The molecule has 0 fully saturated rings. The molecule has 0 heterocycles. The summed E-state index contributed by atoms with van der Waals surface area (Å²) in [5.74, 6) is 3.91. The van der Waals surface area contributed by atoms with E-state index >= 15 is 0 Å². The van der Waals surface area contributed by atoms with Gasteiger partial charge < -0.3 is 33.2 Å². The quantitative estimate of drug-likeness (QED) is 0.526. The first-order chi connectivity index (χ1) is 13.2. The summed E-state index contributed by atoms with van der Waals surface area (Å²) in [6.45, 7) is 1.59. The SMILES string of the molecule is COc1ccc(OC)c(OCCOCCOc2cc(OC)ccc2OC)c1. The molecule has 7 nitrogen and oxygen atoms in total. The number of ether oxygens (including phenoxy) is 7. The van der Waals surface area contributed by atoms with Crippen LogP contribution in [0.3, 0.4) is 0 Å². The lowest BCUT2D eigenvalue weighted by molar-refractivity contribution is 0.0749. The fourth-order valence-corrected chi connectivity index (χ4v) is 2.32. The molecule has 27 heavy (non-hydrogen) atoms. The fraction of sp³-hybridized carbons (Fsp3) is 0.400. The van der Waals surface area contributed by atoms with Crippen molar-refractivity contribution in [1.82, 2.24) is 0 Å². The molecule has 0 aliphatic rings. The molecule has 2 aromatic carbocycles. The molecule has 0 spiro atoms. The van der Waals surface area contributed by atoms with Crippen LogP contribution < -0.4 is 28.4 Å². The summed E-state index contributed by atoms with van der Waals surface area (Å²) in [6, 6.07) is 10.8. The molecule has 0 unspecified atom stereocenters. The number of methoxy groups -OCH3 is 4. The third-order valence-electron chi connectivity index (χ3n) is 3.71. The predicted molar refractivity (Wildman–Crippen MR) is 101 cm³/mol. The molecular weight excluding hydrogens is 352 g/mol. The first kappa shape index (κ1) is 20.5. The predicted octanol–water partition coefficient (Wildman–Crippen LogP) is 3.20. The summed E-state index contributed by atoms with van der Waals surface area (Å²) in [4.78, 5) is 0. The lowest BCUT2D eigenvalue weighted by atomic mass is 10.3. The highest BCUT2D eigenvalue weighted by molar-refractivity contribution is 5.46. The lowest BCUT2D eigenvalue weighted by Crippen LogP contribution is -2.12. The Kier molecular flexibility index (Phi) is 8.38. The van der Waals surface area contributed by atoms with Crippen molar-refractivity contribution < 1.29 is 33.2 Å². The second kappa shape index (κ2) is 11.0. The summed E-state index contributed by atoms with van der Waals surface area (Å²) < 4.78 is 37.8. The topological polar surface area (TPSA) is 64.6 Å². The van der Waals surface area contributed by atoms with Crippen molar-refractivity contribution in [2.75, 3.05) is 54.9 Å². The molecule has 0 N–H and O–H groups in total. The molecule has 0 aliphatic heterocycles. The van der Waals surface area contributed by atoms with Crippen molar-refractivity contribution in [2.24, 2.45) is 0 Å². The van der Waals surface area contributed by atoms with E-state index in [0.717, 1.165) is 0 Å². The Morgan fingerprint density at radius 3 is 1.33 bits per heavy atom. The van der Waals surface area contributed by atoms with Gasteiger partial charge in [-0.2, -0.15) is 0 Å². The second-order valence-electron chi connectivity index (χ2n) is 5.34. The van der Waals surface area contributed by atoms with Gasteiger partial charge in [0, 0.05) is 12.1 Å². The molecular formula is C20H26O7. The van der Waals surface area contributed by atoms with Gasteiger partial charge in [0.1, 0.15) is 24.7 Å². The zero-order chi connectivity index (χ0) is 19.5. The molecule has 0 aromatic heterocycles. The molecule has 2 aromatic rings. The highest BCUT2D eigenvalue weighted by Crippen LogP contribution is 2.32. The molecule has 0 saturated heterocycles. The van der Waals surface area contributed by atoms with Crippen LogP contribution in [0.1, 0.15) is 0 Å². The van der Waals surface area contributed by atoms with Crippen LogP contribution in [0.25, 0.3) is 0 Å². The molecule has 0 atom stereocenters. The van der Waals surface area contributed by atoms with Crippen LogP contribution in [0.4, 0.5) is 0 Å². The van der Waals surface area contributed by atoms with Crippen LogP contribution in [-0.2, 0) is 4.74 Å². The smallest absolute Gasteiger partial charge is 0.164 e. The average molecular weight is 378 g/mol. The van der Waals surface area contributed by atoms with E-state index in [0.29, 0.717) is 60.9 Å². The van der Waals surface area contributed by atoms with E-state index in [2.05, 4.69) is 0 Å². The van der Waals surface area contributed by atoms with Gasteiger partial charge in [-0.25, -0.2) is 0 Å². The van der Waals surface area contributed by atoms with E-state index in [9.17, 15) is 0 Å². The Labute approximate surface area is 159 Å². The maximum atomic E-state index is 5.69. The maximum Gasteiger partial charge on any atom is 0.164 e. The second-order valence-corrected chi connectivity index (χ2v) is 5.34. The molecule has 0 bridgehead atoms. The van der Waals surface area contributed by atoms with E-state index in [1.54, 1.807) is 52.7 Å². The Hall–Kier alpha value is -2.80. The summed E-state index contributed by atoms with van der Waals surface area (Å²) in [5.41, 5.74) is 0. The van der Waals surface area contributed by atoms with Crippen LogP contribution in [0.15, 0.2) is 36.4 Å². The van der Waals surface area contributed by atoms with Crippen LogP contribution in [0.5, 0.6) is 34.5 Å². The Morgan fingerprint density at radius 1 is 0.519 bits per heavy atom. The van der Waals surface area contributed by atoms with Crippen molar-refractivity contribution in [2.45, 2.75) is 0 Å². The van der Waals surface area contributed by atoms with Gasteiger partial charge in [0.25, 0.3) is 0 Å². The van der Waals surface area contributed by atoms with Crippen molar-refractivity contribution in [3.63, 3.8) is 0 Å². The van der Waals surface area contributed by atoms with Gasteiger partial charge in [0.2, 0.25) is 0 Å². The Bertz CT molecular complexity index is 643. The number of hydrogen-bond acceptors (Lipinski definition) is 7. The highest BCUT2D eigenvalue weighted by Gasteiger charge is 2.07. The monoisotopic (exact) mass is 378 g/mol. The Balaban J connectivity index is 1.71. The molecule has 0 saturated carbocycles. The standard InChI is InChI=1S/C20H26O7/c1-21-15-5-7-17(23-3)19(13-15)26-11-9-25-10-12-27-20-14-16(22-2)6-8-18(20)24-4/h5-8,13-14H,9-12H2,1-4H3. The fourth-order valence-electron chi connectivity index (χ4n) is 2.32. The van der Waals surface area contributed by atoms with Gasteiger partial charge in [-0.15, -0.1) is 0 Å². The zero-order valence-electron chi connectivity index (χ0n) is 16.2. The van der Waals surface area contributed by atoms with Crippen LogP contribution in [0, 0.1) is 0 Å². The van der Waals surface area contributed by atoms with E-state index in [1.165, 1.54) is 0 Å². The highest BCUT2D eigenvalue weighted by atomic mass is 16.6. The van der Waals surface area contributed by atoms with Crippen molar-refractivity contribution in [3.05, 3.63) is 36.4 Å². The first-order valence-corrected chi connectivity index (χ1v) is 8.49. The van der Waals surface area contributed by atoms with Gasteiger partial charge in [0.15, 0.2) is 23.0 Å². The van der Waals surface area contributed by atoms with E-state index in [1.807, 2.05) is 12.1 Å². The summed E-state index contributed by atoms with van der Waals surface area (Å²) in [7, 11) is 6.39. The molecule has 0 amide bonds. The summed E-state index contributed by atoms with van der Waals surface area (Å²) in [5, 5.41) is 0. The molecule has 7 heteroatoms. The van der Waals surface area contributed by atoms with Crippen molar-refractivity contribution >= 4 is 0 Å². The normalized spacial score (nSPS) is 10.2. The van der Waals surface area contributed by atoms with E-state index in [4.69, 9.17) is 33.2 Å². The van der Waals surface area contributed by atoms with Crippen LogP contribution in [-0.4, -0.2) is 54.9 Å². The largest absolute Gasteiger partial charge is 0.497 e. The average Bonchev–Trinajstić information content (AvgIpc) is 2.72. The first-order valence-electron chi connectivity index (χ1n) is 8.49. The van der Waals surface area contributed by atoms with Gasteiger partial charge in [-0.3, -0.25) is 0 Å². The number of hydrogen-bond donors (Lipinski definition) is 0. The summed E-state index contributed by atoms with van der Waals surface area (Å²) >= 11 is 0. The van der Waals surface area contributed by atoms with E-state index < -0.39 is 0 Å². The van der Waals surface area contributed by atoms with Crippen LogP contribution in [0.2, 0.25) is 0 Å². The van der Waals surface area contributed by atoms with Gasteiger partial charge in [-0.05, 0) is 24.3 Å². The van der Waals surface area contributed by atoms with Crippen molar-refractivity contribution in [3.8, 4) is 34.5 Å². The minimum atomic E-state index is 0.381. The summed E-state index contributed by atoms with van der Waals surface area (Å²) in [6.07, 6.45) is 0.